The summed E-state index contributed by atoms with van der Waals surface area (Å²) in [6, 6.07) is 4.53. The third-order valence-electron chi connectivity index (χ3n) is 2.01. The summed E-state index contributed by atoms with van der Waals surface area (Å²) in [4.78, 5) is 11.2. The molecule has 0 heterocycles. The number of halogens is 4. The second-order valence-corrected chi connectivity index (χ2v) is 3.80. The molecular weight excluding hydrogens is 271 g/mol. The fourth-order valence-corrected chi connectivity index (χ4v) is 1.32. The Balaban J connectivity index is 2.90. The highest BCUT2D eigenvalue weighted by atomic mass is 35.5. The van der Waals surface area contributed by atoms with Gasteiger partial charge in [-0.05, 0) is 18.6 Å². The lowest BCUT2D eigenvalue weighted by Crippen LogP contribution is -2.21. The van der Waals surface area contributed by atoms with Crippen LogP contribution in [0.4, 0.5) is 18.9 Å². The monoisotopic (exact) mass is 281 g/mol. The van der Waals surface area contributed by atoms with E-state index in [9.17, 15) is 18.0 Å². The maximum Gasteiger partial charge on any atom is 0.422 e. The van der Waals surface area contributed by atoms with E-state index < -0.39 is 18.7 Å². The summed E-state index contributed by atoms with van der Waals surface area (Å²) in [7, 11) is 0. The lowest BCUT2D eigenvalue weighted by Gasteiger charge is -2.15. The van der Waals surface area contributed by atoms with Gasteiger partial charge < -0.3 is 10.1 Å². The topological polar surface area (TPSA) is 38.3 Å². The molecule has 0 bridgehead atoms. The van der Waals surface area contributed by atoms with E-state index in [-0.39, 0.29) is 17.3 Å². The molecule has 0 radical (unpaired) electrons. The fraction of sp³-hybridized carbons (Fsp3) is 0.364. The largest absolute Gasteiger partial charge is 0.482 e. The number of benzene rings is 1. The lowest BCUT2D eigenvalue weighted by atomic mass is 10.2. The fourth-order valence-electron chi connectivity index (χ4n) is 1.25. The second kappa shape index (κ2) is 5.95. The van der Waals surface area contributed by atoms with Gasteiger partial charge in [-0.3, -0.25) is 4.79 Å². The maximum atomic E-state index is 12.1. The van der Waals surface area contributed by atoms with Gasteiger partial charge in [0.2, 0.25) is 5.91 Å². The van der Waals surface area contributed by atoms with Crippen LogP contribution in [0.15, 0.2) is 18.2 Å². The Hall–Kier alpha value is -1.43. The molecule has 0 fully saturated rings. The zero-order chi connectivity index (χ0) is 13.8. The molecule has 0 atom stereocenters. The van der Waals surface area contributed by atoms with Gasteiger partial charge in [0.25, 0.3) is 0 Å². The van der Waals surface area contributed by atoms with Crippen LogP contribution in [-0.4, -0.2) is 24.6 Å². The molecule has 0 spiro atoms. The van der Waals surface area contributed by atoms with Gasteiger partial charge in [-0.2, -0.15) is 13.2 Å². The molecular formula is C11H11ClF3NO2. The van der Waals surface area contributed by atoms with Crippen molar-refractivity contribution in [1.82, 2.24) is 0 Å². The number of carbonyl (C=O) groups excluding carboxylic acids is 1. The number of alkyl halides is 4. The van der Waals surface area contributed by atoms with Crippen molar-refractivity contribution in [1.29, 1.82) is 0 Å². The van der Waals surface area contributed by atoms with Gasteiger partial charge in [-0.1, -0.05) is 12.1 Å². The number of nitrogens with one attached hydrogen (secondary N) is 1. The van der Waals surface area contributed by atoms with Crippen LogP contribution in [-0.2, 0) is 4.79 Å². The number of anilines is 1. The number of para-hydroxylation sites is 1. The molecule has 3 nitrogen and oxygen atoms in total. The second-order valence-electron chi connectivity index (χ2n) is 3.53. The van der Waals surface area contributed by atoms with Crippen molar-refractivity contribution in [2.45, 2.75) is 13.1 Å². The van der Waals surface area contributed by atoms with Gasteiger partial charge in [0, 0.05) is 0 Å². The van der Waals surface area contributed by atoms with E-state index in [2.05, 4.69) is 10.1 Å². The molecule has 1 aromatic carbocycles. The predicted molar refractivity (Wildman–Crippen MR) is 62.1 cm³/mol. The molecule has 0 aliphatic rings. The minimum atomic E-state index is -4.43. The maximum absolute atomic E-state index is 12.1. The quantitative estimate of drug-likeness (QED) is 0.861. The van der Waals surface area contributed by atoms with Crippen molar-refractivity contribution in [3.05, 3.63) is 23.8 Å². The highest BCUT2D eigenvalue weighted by Crippen LogP contribution is 2.29. The third kappa shape index (κ3) is 4.44. The highest BCUT2D eigenvalue weighted by molar-refractivity contribution is 6.29. The molecule has 7 heteroatoms. The zero-order valence-electron chi connectivity index (χ0n) is 9.47. The summed E-state index contributed by atoms with van der Waals surface area (Å²) in [5, 5.41) is 2.40. The molecule has 0 aliphatic carbocycles. The Labute approximate surface area is 107 Å². The van der Waals surface area contributed by atoms with Gasteiger partial charge in [-0.15, -0.1) is 11.6 Å². The number of amides is 1. The molecule has 0 aliphatic heterocycles. The Morgan fingerprint density at radius 2 is 2.11 bits per heavy atom. The van der Waals surface area contributed by atoms with Gasteiger partial charge >= 0.3 is 6.18 Å². The molecule has 1 aromatic rings. The molecule has 1 rings (SSSR count). The van der Waals surface area contributed by atoms with E-state index in [1.807, 2.05) is 0 Å². The first-order valence-corrected chi connectivity index (χ1v) is 5.52. The van der Waals surface area contributed by atoms with E-state index in [1.165, 1.54) is 12.1 Å². The normalized spacial score (nSPS) is 11.2. The zero-order valence-corrected chi connectivity index (χ0v) is 10.2. The average Bonchev–Trinajstić information content (AvgIpc) is 2.28. The van der Waals surface area contributed by atoms with Crippen molar-refractivity contribution in [2.24, 2.45) is 0 Å². The molecule has 0 saturated heterocycles. The van der Waals surface area contributed by atoms with E-state index >= 15 is 0 Å². The average molecular weight is 282 g/mol. The lowest BCUT2D eigenvalue weighted by molar-refractivity contribution is -0.153. The minimum Gasteiger partial charge on any atom is -0.482 e. The van der Waals surface area contributed by atoms with Crippen molar-refractivity contribution in [2.75, 3.05) is 17.8 Å². The van der Waals surface area contributed by atoms with Crippen molar-refractivity contribution in [3.63, 3.8) is 0 Å². The summed E-state index contributed by atoms with van der Waals surface area (Å²) in [5.74, 6) is -0.832. The molecule has 100 valence electrons. The van der Waals surface area contributed by atoms with Crippen LogP contribution in [0.25, 0.3) is 0 Å². The Kier molecular flexibility index (Phi) is 4.84. The molecule has 0 aromatic heterocycles. The van der Waals surface area contributed by atoms with Gasteiger partial charge in [0.05, 0.1) is 5.69 Å². The van der Waals surface area contributed by atoms with Gasteiger partial charge in [0.1, 0.15) is 11.6 Å². The number of rotatable bonds is 4. The highest BCUT2D eigenvalue weighted by Gasteiger charge is 2.29. The Morgan fingerprint density at radius 3 is 2.67 bits per heavy atom. The van der Waals surface area contributed by atoms with Crippen molar-refractivity contribution >= 4 is 23.2 Å². The first-order chi connectivity index (χ1) is 8.33. The van der Waals surface area contributed by atoms with Gasteiger partial charge in [0.15, 0.2) is 6.61 Å². The van der Waals surface area contributed by atoms with E-state index in [1.54, 1.807) is 13.0 Å². The molecule has 18 heavy (non-hydrogen) atoms. The van der Waals surface area contributed by atoms with Crippen LogP contribution in [0.5, 0.6) is 5.75 Å². The Bertz CT molecular complexity index is 435. The van der Waals surface area contributed by atoms with Crippen LogP contribution < -0.4 is 10.1 Å². The summed E-state index contributed by atoms with van der Waals surface area (Å²) >= 11 is 5.32. The first-order valence-electron chi connectivity index (χ1n) is 4.98. The number of hydrogen-bond donors (Lipinski definition) is 1. The van der Waals surface area contributed by atoms with E-state index in [0.717, 1.165) is 0 Å². The van der Waals surface area contributed by atoms with E-state index in [0.29, 0.717) is 5.56 Å². The standard InChI is InChI=1S/C11H11ClF3NO2/c1-7-3-2-4-8(18-6-11(13,14)15)10(7)16-9(17)5-12/h2-4H,5-6H2,1H3,(H,16,17). The van der Waals surface area contributed by atoms with Crippen LogP contribution in [0.3, 0.4) is 0 Å². The summed E-state index contributed by atoms with van der Waals surface area (Å²) in [6.45, 7) is 0.227. The number of hydrogen-bond acceptors (Lipinski definition) is 2. The molecule has 0 unspecified atom stereocenters. The van der Waals surface area contributed by atoms with E-state index in [4.69, 9.17) is 11.6 Å². The summed E-state index contributed by atoms with van der Waals surface area (Å²) < 4.78 is 40.9. The van der Waals surface area contributed by atoms with Crippen LogP contribution in [0.2, 0.25) is 0 Å². The molecule has 1 N–H and O–H groups in total. The number of ether oxygens (including phenoxy) is 1. The number of aryl methyl sites for hydroxylation is 1. The van der Waals surface area contributed by atoms with Crippen LogP contribution in [0.1, 0.15) is 5.56 Å². The van der Waals surface area contributed by atoms with Crippen molar-refractivity contribution < 1.29 is 22.7 Å². The third-order valence-corrected chi connectivity index (χ3v) is 2.25. The minimum absolute atomic E-state index is 0.0363. The number of carbonyl (C=O) groups is 1. The van der Waals surface area contributed by atoms with Crippen LogP contribution in [0, 0.1) is 6.92 Å². The summed E-state index contributed by atoms with van der Waals surface area (Å²) in [5.41, 5.74) is 0.792. The molecule has 1 amide bonds. The predicted octanol–water partition coefficient (Wildman–Crippen LogP) is 3.11. The SMILES string of the molecule is Cc1cccc(OCC(F)(F)F)c1NC(=O)CCl. The van der Waals surface area contributed by atoms with Gasteiger partial charge in [-0.25, -0.2) is 0 Å². The smallest absolute Gasteiger partial charge is 0.422 e. The first kappa shape index (κ1) is 14.6. The van der Waals surface area contributed by atoms with Crippen molar-refractivity contribution in [3.8, 4) is 5.75 Å². The Morgan fingerprint density at radius 1 is 1.44 bits per heavy atom. The summed E-state index contributed by atoms with van der Waals surface area (Å²) in [6.07, 6.45) is -4.43. The molecule has 0 saturated carbocycles. The van der Waals surface area contributed by atoms with Crippen LogP contribution >= 0.6 is 11.6 Å².